The molecule has 1 heterocycles. The average molecular weight is 229 g/mol. The highest BCUT2D eigenvalue weighted by atomic mass is 16.6. The summed E-state index contributed by atoms with van der Waals surface area (Å²) in [6, 6.07) is 12.2. The molecule has 1 atom stereocenters. The van der Waals surface area contributed by atoms with Crippen molar-refractivity contribution in [3.63, 3.8) is 0 Å². The molecule has 1 unspecified atom stereocenters. The van der Waals surface area contributed by atoms with E-state index in [1.54, 1.807) is 6.92 Å². The van der Waals surface area contributed by atoms with Crippen LogP contribution in [0.3, 0.4) is 0 Å². The Hall–Kier alpha value is -1.74. The van der Waals surface area contributed by atoms with Gasteiger partial charge in [-0.3, -0.25) is 0 Å². The fourth-order valence-electron chi connectivity index (χ4n) is 2.42. The Balaban J connectivity index is 2.28. The normalized spacial score (nSPS) is 23.4. The Labute approximate surface area is 100 Å². The van der Waals surface area contributed by atoms with Gasteiger partial charge in [0.15, 0.2) is 5.75 Å². The van der Waals surface area contributed by atoms with E-state index in [9.17, 15) is 5.11 Å². The number of aliphatic hydroxyl groups is 1. The topological polar surface area (TPSA) is 32.7 Å². The maximum absolute atomic E-state index is 10.1. The quantitative estimate of drug-likeness (QED) is 0.752. The summed E-state index contributed by atoms with van der Waals surface area (Å²) in [4.78, 5) is 2.02. The summed E-state index contributed by atoms with van der Waals surface area (Å²) >= 11 is 0. The lowest BCUT2D eigenvalue weighted by molar-refractivity contribution is -0.117. The second-order valence-electron chi connectivity index (χ2n) is 4.77. The van der Waals surface area contributed by atoms with Crippen LogP contribution in [0.4, 0.5) is 5.69 Å². The highest BCUT2D eigenvalue weighted by Crippen LogP contribution is 2.40. The first-order chi connectivity index (χ1) is 8.07. The molecule has 1 N–H and O–H groups in total. The fourth-order valence-corrected chi connectivity index (χ4v) is 2.42. The largest absolute Gasteiger partial charge is 0.458 e. The number of hydrogen-bond donors (Lipinski definition) is 1. The van der Waals surface area contributed by atoms with Gasteiger partial charge in [-0.2, -0.15) is 0 Å². The summed E-state index contributed by atoms with van der Waals surface area (Å²) in [5, 5.41) is 12.2. The number of nitrogens with zero attached hydrogens (tertiary/aromatic N) is 1. The number of fused-ring (bicyclic) bond motifs is 3. The molecular formula is C14H15NO2. The molecule has 0 aliphatic carbocycles. The zero-order valence-electron chi connectivity index (χ0n) is 9.97. The number of ether oxygens (including phenoxy) is 1. The van der Waals surface area contributed by atoms with E-state index in [4.69, 9.17) is 4.74 Å². The van der Waals surface area contributed by atoms with E-state index in [1.165, 1.54) is 0 Å². The lowest BCUT2D eigenvalue weighted by Gasteiger charge is -2.38. The molecule has 0 fully saturated rings. The Kier molecular flexibility index (Phi) is 2.07. The van der Waals surface area contributed by atoms with Gasteiger partial charge in [0.1, 0.15) is 0 Å². The molecule has 3 nitrogen and oxygen atoms in total. The van der Waals surface area contributed by atoms with Crippen LogP contribution in [0.1, 0.15) is 6.92 Å². The first-order valence-corrected chi connectivity index (χ1v) is 5.71. The molecule has 3 heteroatoms. The van der Waals surface area contributed by atoms with E-state index >= 15 is 0 Å². The molecular weight excluding hydrogens is 214 g/mol. The van der Waals surface area contributed by atoms with Crippen molar-refractivity contribution in [2.75, 3.05) is 18.5 Å². The summed E-state index contributed by atoms with van der Waals surface area (Å²) in [5.41, 5.74) is 1.02. The van der Waals surface area contributed by atoms with Crippen LogP contribution in [-0.2, 0) is 0 Å². The monoisotopic (exact) mass is 229 g/mol. The van der Waals surface area contributed by atoms with Crippen LogP contribution < -0.4 is 9.64 Å². The molecule has 2 aromatic carbocycles. The van der Waals surface area contributed by atoms with E-state index in [0.717, 1.165) is 22.2 Å². The van der Waals surface area contributed by atoms with Crippen LogP contribution in [0.15, 0.2) is 36.4 Å². The third-order valence-electron chi connectivity index (χ3n) is 3.12. The molecule has 17 heavy (non-hydrogen) atoms. The Morgan fingerprint density at radius 3 is 2.82 bits per heavy atom. The number of rotatable bonds is 0. The highest BCUT2D eigenvalue weighted by Gasteiger charge is 2.32. The van der Waals surface area contributed by atoms with Crippen molar-refractivity contribution in [3.05, 3.63) is 36.4 Å². The fraction of sp³-hybridized carbons (Fsp3) is 0.286. The first kappa shape index (κ1) is 10.4. The van der Waals surface area contributed by atoms with Gasteiger partial charge in [-0.15, -0.1) is 0 Å². The molecule has 0 radical (unpaired) electrons. The molecule has 0 saturated heterocycles. The Morgan fingerprint density at radius 1 is 1.24 bits per heavy atom. The number of hydrogen-bond acceptors (Lipinski definition) is 3. The van der Waals surface area contributed by atoms with E-state index in [2.05, 4.69) is 6.07 Å². The lowest BCUT2D eigenvalue weighted by atomic mass is 10.1. The van der Waals surface area contributed by atoms with Gasteiger partial charge in [-0.25, -0.2) is 0 Å². The Morgan fingerprint density at radius 2 is 2.00 bits per heavy atom. The maximum atomic E-state index is 10.1. The molecule has 0 amide bonds. The second kappa shape index (κ2) is 3.37. The summed E-state index contributed by atoms with van der Waals surface area (Å²) in [7, 11) is 1.96. The van der Waals surface area contributed by atoms with Crippen LogP contribution >= 0.6 is 0 Å². The van der Waals surface area contributed by atoms with Crippen molar-refractivity contribution in [1.29, 1.82) is 0 Å². The zero-order valence-corrected chi connectivity index (χ0v) is 9.97. The standard InChI is InChI=1S/C14H15NO2/c1-14(16)9-15(2)12-8-7-10-5-3-4-6-11(10)13(12)17-14/h3-8,16H,9H2,1-2H3. The van der Waals surface area contributed by atoms with Crippen molar-refractivity contribution in [2.45, 2.75) is 12.7 Å². The van der Waals surface area contributed by atoms with Crippen molar-refractivity contribution in [3.8, 4) is 5.75 Å². The molecule has 1 aliphatic heterocycles. The van der Waals surface area contributed by atoms with Crippen molar-refractivity contribution in [2.24, 2.45) is 0 Å². The van der Waals surface area contributed by atoms with Crippen molar-refractivity contribution >= 4 is 16.5 Å². The van der Waals surface area contributed by atoms with Crippen molar-refractivity contribution in [1.82, 2.24) is 0 Å². The lowest BCUT2D eigenvalue weighted by Crippen LogP contribution is -2.47. The third-order valence-corrected chi connectivity index (χ3v) is 3.12. The van der Waals surface area contributed by atoms with Crippen LogP contribution in [0.2, 0.25) is 0 Å². The molecule has 0 bridgehead atoms. The third kappa shape index (κ3) is 1.63. The van der Waals surface area contributed by atoms with Crippen LogP contribution in [0.25, 0.3) is 10.8 Å². The van der Waals surface area contributed by atoms with E-state index in [1.807, 2.05) is 42.3 Å². The Bertz CT molecular complexity index is 577. The summed E-state index contributed by atoms with van der Waals surface area (Å²) < 4.78 is 5.72. The molecule has 2 aromatic rings. The molecule has 88 valence electrons. The average Bonchev–Trinajstić information content (AvgIpc) is 2.27. The highest BCUT2D eigenvalue weighted by molar-refractivity contribution is 5.94. The number of β-amino-alcohol motifs (C(OH)–C–C–N with tert-alkyl or cyclic N) is 1. The predicted octanol–water partition coefficient (Wildman–Crippen LogP) is 2.38. The first-order valence-electron chi connectivity index (χ1n) is 5.71. The van der Waals surface area contributed by atoms with Gasteiger partial charge in [-0.05, 0) is 11.5 Å². The minimum absolute atomic E-state index is 0.471. The summed E-state index contributed by atoms with van der Waals surface area (Å²) in [6.07, 6.45) is 0. The van der Waals surface area contributed by atoms with Crippen molar-refractivity contribution < 1.29 is 9.84 Å². The van der Waals surface area contributed by atoms with E-state index in [0.29, 0.717) is 6.54 Å². The van der Waals surface area contributed by atoms with Crippen LogP contribution in [0.5, 0.6) is 5.75 Å². The van der Waals surface area contributed by atoms with Gasteiger partial charge in [-0.1, -0.05) is 30.3 Å². The van der Waals surface area contributed by atoms with Gasteiger partial charge in [0, 0.05) is 19.4 Å². The molecule has 3 rings (SSSR count). The summed E-state index contributed by atoms with van der Waals surface area (Å²) in [5.74, 6) is -0.367. The minimum atomic E-state index is -1.13. The van der Waals surface area contributed by atoms with Gasteiger partial charge in [0.05, 0.1) is 12.2 Å². The SMILES string of the molecule is CN1CC(C)(O)Oc2c1ccc1ccccc21. The zero-order chi connectivity index (χ0) is 12.0. The van der Waals surface area contributed by atoms with E-state index in [-0.39, 0.29) is 0 Å². The van der Waals surface area contributed by atoms with Gasteiger partial charge in [0.2, 0.25) is 5.79 Å². The minimum Gasteiger partial charge on any atom is -0.458 e. The number of likely N-dealkylation sites (N-methyl/N-ethyl adjacent to an activating group) is 1. The van der Waals surface area contributed by atoms with Gasteiger partial charge < -0.3 is 14.7 Å². The number of anilines is 1. The second-order valence-corrected chi connectivity index (χ2v) is 4.77. The molecule has 0 aromatic heterocycles. The van der Waals surface area contributed by atoms with E-state index < -0.39 is 5.79 Å². The van der Waals surface area contributed by atoms with Crippen LogP contribution in [-0.4, -0.2) is 24.5 Å². The van der Waals surface area contributed by atoms with Gasteiger partial charge >= 0.3 is 0 Å². The maximum Gasteiger partial charge on any atom is 0.223 e. The number of benzene rings is 2. The van der Waals surface area contributed by atoms with Gasteiger partial charge in [0.25, 0.3) is 0 Å². The smallest absolute Gasteiger partial charge is 0.223 e. The molecule has 1 aliphatic rings. The van der Waals surface area contributed by atoms with Crippen LogP contribution in [0, 0.1) is 0 Å². The predicted molar refractivity (Wildman–Crippen MR) is 68.5 cm³/mol. The summed E-state index contributed by atoms with van der Waals surface area (Å²) in [6.45, 7) is 2.16. The molecule has 0 spiro atoms. The molecule has 0 saturated carbocycles.